The molecule has 2 aromatic rings. The van der Waals surface area contributed by atoms with Crippen LogP contribution in [0.5, 0.6) is 5.75 Å². The van der Waals surface area contributed by atoms with Crippen LogP contribution in [-0.2, 0) is 6.61 Å². The van der Waals surface area contributed by atoms with Crippen molar-refractivity contribution in [3.8, 4) is 5.75 Å². The number of hydrogen-bond acceptors (Lipinski definition) is 1. The first-order valence-electron chi connectivity index (χ1n) is 5.28. The van der Waals surface area contributed by atoms with E-state index in [0.29, 0.717) is 11.6 Å². The smallest absolute Gasteiger partial charge is 0.135 e. The lowest BCUT2D eigenvalue weighted by molar-refractivity contribution is 0.304. The van der Waals surface area contributed by atoms with Gasteiger partial charge >= 0.3 is 0 Å². The predicted octanol–water partition coefficient (Wildman–Crippen LogP) is 4.99. The Hall–Kier alpha value is -0.990. The fourth-order valence-electron chi connectivity index (χ4n) is 1.55. The summed E-state index contributed by atoms with van der Waals surface area (Å²) in [4.78, 5) is 0. The van der Waals surface area contributed by atoms with Crippen molar-refractivity contribution in [2.45, 2.75) is 13.5 Å². The maximum atomic E-state index is 5.92. The van der Waals surface area contributed by atoms with Crippen LogP contribution in [-0.4, -0.2) is 0 Å². The van der Waals surface area contributed by atoms with Crippen molar-refractivity contribution >= 4 is 27.5 Å². The van der Waals surface area contributed by atoms with Gasteiger partial charge in [-0.3, -0.25) is 0 Å². The van der Waals surface area contributed by atoms with E-state index in [2.05, 4.69) is 35.0 Å². The number of aryl methyl sites for hydroxylation is 1. The van der Waals surface area contributed by atoms with Crippen molar-refractivity contribution < 1.29 is 4.74 Å². The number of ether oxygens (including phenoxy) is 1. The Morgan fingerprint density at radius 3 is 2.76 bits per heavy atom. The molecule has 0 atom stereocenters. The summed E-state index contributed by atoms with van der Waals surface area (Å²) in [5, 5.41) is 0.674. The molecule has 0 N–H and O–H groups in total. The Labute approximate surface area is 115 Å². The van der Waals surface area contributed by atoms with Gasteiger partial charge in [-0.25, -0.2) is 0 Å². The van der Waals surface area contributed by atoms with Crippen molar-refractivity contribution in [1.82, 2.24) is 0 Å². The van der Waals surface area contributed by atoms with Gasteiger partial charge in [-0.2, -0.15) is 0 Å². The van der Waals surface area contributed by atoms with Crippen LogP contribution in [0, 0.1) is 6.92 Å². The highest BCUT2D eigenvalue weighted by Crippen LogP contribution is 2.28. The third kappa shape index (κ3) is 3.48. The second-order valence-electron chi connectivity index (χ2n) is 3.85. The molecule has 0 aliphatic carbocycles. The molecule has 0 fully saturated rings. The Balaban J connectivity index is 2.09. The summed E-state index contributed by atoms with van der Waals surface area (Å²) in [7, 11) is 0. The molecule has 0 heterocycles. The van der Waals surface area contributed by atoms with Crippen LogP contribution in [0.15, 0.2) is 46.9 Å². The molecule has 17 heavy (non-hydrogen) atoms. The van der Waals surface area contributed by atoms with Gasteiger partial charge in [0.15, 0.2) is 0 Å². The molecule has 1 nitrogen and oxygen atoms in total. The average molecular weight is 312 g/mol. The second kappa shape index (κ2) is 5.56. The van der Waals surface area contributed by atoms with Gasteiger partial charge in [0.2, 0.25) is 0 Å². The van der Waals surface area contributed by atoms with E-state index < -0.39 is 0 Å². The largest absolute Gasteiger partial charge is 0.488 e. The first kappa shape index (κ1) is 12.5. The highest BCUT2D eigenvalue weighted by Gasteiger charge is 2.02. The summed E-state index contributed by atoms with van der Waals surface area (Å²) >= 11 is 9.36. The van der Waals surface area contributed by atoms with Crippen molar-refractivity contribution in [2.75, 3.05) is 0 Å². The topological polar surface area (TPSA) is 9.23 Å². The normalized spacial score (nSPS) is 10.3. The number of hydrogen-bond donors (Lipinski definition) is 0. The molecule has 0 radical (unpaired) electrons. The van der Waals surface area contributed by atoms with Gasteiger partial charge < -0.3 is 4.74 Å². The van der Waals surface area contributed by atoms with Crippen LogP contribution in [0.25, 0.3) is 0 Å². The van der Waals surface area contributed by atoms with Crippen LogP contribution in [0.2, 0.25) is 5.02 Å². The lowest BCUT2D eigenvalue weighted by atomic mass is 10.1. The molecule has 2 rings (SSSR count). The van der Waals surface area contributed by atoms with Crippen LogP contribution >= 0.6 is 27.5 Å². The average Bonchev–Trinajstić information content (AvgIpc) is 2.30. The fraction of sp³-hybridized carbons (Fsp3) is 0.143. The lowest BCUT2D eigenvalue weighted by Crippen LogP contribution is -1.96. The Morgan fingerprint density at radius 2 is 2.00 bits per heavy atom. The second-order valence-corrected chi connectivity index (χ2v) is 5.14. The van der Waals surface area contributed by atoms with E-state index in [4.69, 9.17) is 16.3 Å². The molecule has 0 aromatic heterocycles. The molecule has 0 unspecified atom stereocenters. The van der Waals surface area contributed by atoms with Crippen LogP contribution < -0.4 is 4.74 Å². The van der Waals surface area contributed by atoms with E-state index in [0.717, 1.165) is 15.8 Å². The molecular weight excluding hydrogens is 300 g/mol. The molecule has 3 heteroatoms. The minimum atomic E-state index is 0.542. The van der Waals surface area contributed by atoms with Crippen molar-refractivity contribution in [3.63, 3.8) is 0 Å². The summed E-state index contributed by atoms with van der Waals surface area (Å²) in [6.45, 7) is 2.61. The van der Waals surface area contributed by atoms with Gasteiger partial charge in [0.25, 0.3) is 0 Å². The van der Waals surface area contributed by atoms with E-state index >= 15 is 0 Å². The van der Waals surface area contributed by atoms with Gasteiger partial charge in [0.05, 0.1) is 4.47 Å². The predicted molar refractivity (Wildman–Crippen MR) is 74.7 cm³/mol. The van der Waals surface area contributed by atoms with Crippen molar-refractivity contribution in [1.29, 1.82) is 0 Å². The maximum absolute atomic E-state index is 5.92. The molecule has 2 aromatic carbocycles. The van der Waals surface area contributed by atoms with Crippen molar-refractivity contribution in [3.05, 3.63) is 63.1 Å². The van der Waals surface area contributed by atoms with Gasteiger partial charge in [-0.15, -0.1) is 0 Å². The highest BCUT2D eigenvalue weighted by atomic mass is 79.9. The summed E-state index contributed by atoms with van der Waals surface area (Å²) in [5.74, 6) is 0.763. The van der Waals surface area contributed by atoms with Gasteiger partial charge in [-0.05, 0) is 46.6 Å². The first-order chi connectivity index (χ1) is 8.15. The van der Waals surface area contributed by atoms with E-state index in [1.165, 1.54) is 5.56 Å². The zero-order valence-corrected chi connectivity index (χ0v) is 11.8. The van der Waals surface area contributed by atoms with Crippen LogP contribution in [0.1, 0.15) is 11.1 Å². The lowest BCUT2D eigenvalue weighted by Gasteiger charge is -2.09. The quantitative estimate of drug-likeness (QED) is 0.776. The molecule has 0 aliphatic rings. The van der Waals surface area contributed by atoms with Gasteiger partial charge in [-0.1, -0.05) is 41.4 Å². The number of rotatable bonds is 3. The van der Waals surface area contributed by atoms with Crippen molar-refractivity contribution in [2.24, 2.45) is 0 Å². The Kier molecular flexibility index (Phi) is 4.08. The minimum Gasteiger partial charge on any atom is -0.488 e. The highest BCUT2D eigenvalue weighted by molar-refractivity contribution is 9.10. The SMILES string of the molecule is Cc1cccc(COc2cc(Cl)ccc2Br)c1. The van der Waals surface area contributed by atoms with E-state index in [1.807, 2.05) is 24.3 Å². The summed E-state index contributed by atoms with van der Waals surface area (Å²) in [5.41, 5.74) is 2.38. The summed E-state index contributed by atoms with van der Waals surface area (Å²) in [6, 6.07) is 13.8. The monoisotopic (exact) mass is 310 g/mol. The molecule has 88 valence electrons. The number of halogens is 2. The fourth-order valence-corrected chi connectivity index (χ4v) is 2.07. The third-order valence-electron chi connectivity index (χ3n) is 2.37. The zero-order chi connectivity index (χ0) is 12.3. The molecular formula is C14H12BrClO. The molecule has 0 aliphatic heterocycles. The van der Waals surface area contributed by atoms with Gasteiger partial charge in [0.1, 0.15) is 12.4 Å². The Bertz CT molecular complexity index is 525. The first-order valence-corrected chi connectivity index (χ1v) is 6.45. The van der Waals surface area contributed by atoms with Crippen LogP contribution in [0.3, 0.4) is 0 Å². The molecule has 0 spiro atoms. The number of benzene rings is 2. The zero-order valence-electron chi connectivity index (χ0n) is 9.41. The minimum absolute atomic E-state index is 0.542. The third-order valence-corrected chi connectivity index (χ3v) is 3.26. The van der Waals surface area contributed by atoms with E-state index in [9.17, 15) is 0 Å². The maximum Gasteiger partial charge on any atom is 0.135 e. The van der Waals surface area contributed by atoms with E-state index in [-0.39, 0.29) is 0 Å². The molecule has 0 saturated heterocycles. The molecule has 0 saturated carbocycles. The van der Waals surface area contributed by atoms with E-state index in [1.54, 1.807) is 6.07 Å². The molecule has 0 bridgehead atoms. The van der Waals surface area contributed by atoms with Crippen LogP contribution in [0.4, 0.5) is 0 Å². The van der Waals surface area contributed by atoms with Gasteiger partial charge in [0, 0.05) is 5.02 Å². The molecule has 0 amide bonds. The summed E-state index contributed by atoms with van der Waals surface area (Å²) < 4.78 is 6.64. The standard InChI is InChI=1S/C14H12BrClO/c1-10-3-2-4-11(7-10)9-17-14-8-12(16)5-6-13(14)15/h2-8H,9H2,1H3. The Morgan fingerprint density at radius 1 is 1.18 bits per heavy atom. The summed E-state index contributed by atoms with van der Waals surface area (Å²) in [6.07, 6.45) is 0.